The maximum atomic E-state index is 3.51. The third-order valence-corrected chi connectivity index (χ3v) is 4.14. The Morgan fingerprint density at radius 3 is 2.76 bits per heavy atom. The topological polar surface area (TPSA) is 12.0 Å². The van der Waals surface area contributed by atoms with E-state index in [1.54, 1.807) is 5.56 Å². The van der Waals surface area contributed by atoms with Crippen LogP contribution < -0.4 is 5.32 Å². The lowest BCUT2D eigenvalue weighted by atomic mass is 9.87. The minimum absolute atomic E-state index is 0.734. The fourth-order valence-corrected chi connectivity index (χ4v) is 2.96. The smallest absolute Gasteiger partial charge is 0.00201 e. The summed E-state index contributed by atoms with van der Waals surface area (Å²) in [7, 11) is 0. The van der Waals surface area contributed by atoms with Crippen LogP contribution in [0, 0.1) is 0 Å². The summed E-state index contributed by atoms with van der Waals surface area (Å²) in [6.45, 7) is 6.95. The minimum Gasteiger partial charge on any atom is -0.316 e. The predicted octanol–water partition coefficient (Wildman–Crippen LogP) is 4.06. The van der Waals surface area contributed by atoms with Crippen LogP contribution in [0.3, 0.4) is 0 Å². The first-order chi connectivity index (χ1) is 8.35. The van der Waals surface area contributed by atoms with Crippen molar-refractivity contribution in [3.63, 3.8) is 0 Å². The summed E-state index contributed by atoms with van der Waals surface area (Å²) < 4.78 is 0. The molecule has 0 saturated carbocycles. The molecule has 17 heavy (non-hydrogen) atoms. The van der Waals surface area contributed by atoms with Crippen LogP contribution in [-0.4, -0.2) is 13.1 Å². The molecule has 1 heterocycles. The molecule has 2 rings (SSSR count). The zero-order chi connectivity index (χ0) is 12.1. The molecule has 1 heteroatoms. The number of benzene rings is 1. The molecule has 1 saturated heterocycles. The standard InChI is InChI=1S/C16H25N/c1-3-13(4-2)14-7-5-8-15(11-14)16-9-6-10-17-12-16/h5,7-8,11,13,16-17H,3-4,6,9-10,12H2,1-2H3. The van der Waals surface area contributed by atoms with Gasteiger partial charge in [-0.25, -0.2) is 0 Å². The molecule has 1 aromatic rings. The van der Waals surface area contributed by atoms with Crippen LogP contribution in [0.1, 0.15) is 62.5 Å². The van der Waals surface area contributed by atoms with Gasteiger partial charge < -0.3 is 5.32 Å². The number of nitrogens with one attached hydrogen (secondary N) is 1. The van der Waals surface area contributed by atoms with E-state index in [1.165, 1.54) is 37.8 Å². The van der Waals surface area contributed by atoms with E-state index in [-0.39, 0.29) is 0 Å². The molecule has 0 aliphatic carbocycles. The average molecular weight is 231 g/mol. The van der Waals surface area contributed by atoms with Crippen LogP contribution in [0.25, 0.3) is 0 Å². The second-order valence-electron chi connectivity index (χ2n) is 5.23. The molecule has 1 N–H and O–H groups in total. The van der Waals surface area contributed by atoms with Crippen LogP contribution in [0.4, 0.5) is 0 Å². The van der Waals surface area contributed by atoms with Crippen molar-refractivity contribution in [2.24, 2.45) is 0 Å². The van der Waals surface area contributed by atoms with Crippen LogP contribution >= 0.6 is 0 Å². The normalized spacial score (nSPS) is 20.8. The maximum absolute atomic E-state index is 3.51. The summed E-state index contributed by atoms with van der Waals surface area (Å²) in [5.74, 6) is 1.48. The van der Waals surface area contributed by atoms with E-state index in [9.17, 15) is 0 Å². The Balaban J connectivity index is 2.15. The molecule has 0 radical (unpaired) electrons. The maximum Gasteiger partial charge on any atom is 0.00201 e. The molecule has 1 aliphatic heterocycles. The van der Waals surface area contributed by atoms with E-state index in [2.05, 4.69) is 43.4 Å². The van der Waals surface area contributed by atoms with Gasteiger partial charge in [-0.15, -0.1) is 0 Å². The third kappa shape index (κ3) is 3.10. The first-order valence-electron chi connectivity index (χ1n) is 7.15. The monoisotopic (exact) mass is 231 g/mol. The highest BCUT2D eigenvalue weighted by Gasteiger charge is 2.16. The summed E-state index contributed by atoms with van der Waals surface area (Å²) >= 11 is 0. The van der Waals surface area contributed by atoms with Crippen molar-refractivity contribution in [1.29, 1.82) is 0 Å². The molecule has 0 spiro atoms. The van der Waals surface area contributed by atoms with Crippen molar-refractivity contribution in [2.75, 3.05) is 13.1 Å². The molecule has 1 aliphatic rings. The lowest BCUT2D eigenvalue weighted by molar-refractivity contribution is 0.461. The summed E-state index contributed by atoms with van der Waals surface area (Å²) in [5, 5.41) is 3.51. The van der Waals surface area contributed by atoms with Crippen molar-refractivity contribution in [3.05, 3.63) is 35.4 Å². The van der Waals surface area contributed by atoms with E-state index >= 15 is 0 Å². The van der Waals surface area contributed by atoms with Crippen molar-refractivity contribution in [3.8, 4) is 0 Å². The number of hydrogen-bond acceptors (Lipinski definition) is 1. The van der Waals surface area contributed by atoms with Crippen molar-refractivity contribution in [1.82, 2.24) is 5.32 Å². The van der Waals surface area contributed by atoms with E-state index in [0.29, 0.717) is 0 Å². The second-order valence-corrected chi connectivity index (χ2v) is 5.23. The summed E-state index contributed by atoms with van der Waals surface area (Å²) in [5.41, 5.74) is 3.08. The van der Waals surface area contributed by atoms with Crippen molar-refractivity contribution >= 4 is 0 Å². The van der Waals surface area contributed by atoms with Crippen LogP contribution in [-0.2, 0) is 0 Å². The van der Waals surface area contributed by atoms with Gasteiger partial charge in [0.05, 0.1) is 0 Å². The van der Waals surface area contributed by atoms with Crippen LogP contribution in [0.2, 0.25) is 0 Å². The minimum atomic E-state index is 0.734. The Kier molecular flexibility index (Phi) is 4.61. The van der Waals surface area contributed by atoms with Gasteiger partial charge in [0.2, 0.25) is 0 Å². The zero-order valence-corrected chi connectivity index (χ0v) is 11.2. The quantitative estimate of drug-likeness (QED) is 0.824. The van der Waals surface area contributed by atoms with Crippen LogP contribution in [0.5, 0.6) is 0 Å². The highest BCUT2D eigenvalue weighted by Crippen LogP contribution is 2.28. The van der Waals surface area contributed by atoms with Gasteiger partial charge in [-0.3, -0.25) is 0 Å². The molecular weight excluding hydrogens is 206 g/mol. The fraction of sp³-hybridized carbons (Fsp3) is 0.625. The molecule has 1 atom stereocenters. The Morgan fingerprint density at radius 1 is 1.29 bits per heavy atom. The zero-order valence-electron chi connectivity index (χ0n) is 11.2. The van der Waals surface area contributed by atoms with E-state index in [1.807, 2.05) is 0 Å². The summed E-state index contributed by atoms with van der Waals surface area (Å²) in [6.07, 6.45) is 5.17. The van der Waals surface area contributed by atoms with Gasteiger partial charge in [-0.05, 0) is 55.2 Å². The largest absolute Gasteiger partial charge is 0.316 e. The van der Waals surface area contributed by atoms with E-state index in [0.717, 1.165) is 18.4 Å². The van der Waals surface area contributed by atoms with Gasteiger partial charge in [0, 0.05) is 6.54 Å². The first-order valence-corrected chi connectivity index (χ1v) is 7.15. The van der Waals surface area contributed by atoms with Gasteiger partial charge in [-0.2, -0.15) is 0 Å². The Hall–Kier alpha value is -0.820. The van der Waals surface area contributed by atoms with Gasteiger partial charge in [0.15, 0.2) is 0 Å². The molecule has 1 fully saturated rings. The van der Waals surface area contributed by atoms with Gasteiger partial charge in [-0.1, -0.05) is 38.1 Å². The Morgan fingerprint density at radius 2 is 2.12 bits per heavy atom. The van der Waals surface area contributed by atoms with Gasteiger partial charge in [0.1, 0.15) is 0 Å². The van der Waals surface area contributed by atoms with Crippen molar-refractivity contribution in [2.45, 2.75) is 51.4 Å². The molecule has 0 amide bonds. The molecule has 0 bridgehead atoms. The SMILES string of the molecule is CCC(CC)c1cccc(C2CCCNC2)c1. The highest BCUT2D eigenvalue weighted by atomic mass is 14.9. The van der Waals surface area contributed by atoms with Crippen molar-refractivity contribution < 1.29 is 0 Å². The lowest BCUT2D eigenvalue weighted by Crippen LogP contribution is -2.28. The van der Waals surface area contributed by atoms with Crippen LogP contribution in [0.15, 0.2) is 24.3 Å². The number of rotatable bonds is 4. The Labute approximate surface area is 106 Å². The summed E-state index contributed by atoms with van der Waals surface area (Å²) in [6, 6.07) is 9.31. The Bertz CT molecular complexity index is 335. The number of hydrogen-bond donors (Lipinski definition) is 1. The van der Waals surface area contributed by atoms with E-state index < -0.39 is 0 Å². The average Bonchev–Trinajstić information content (AvgIpc) is 2.42. The molecule has 1 aromatic carbocycles. The first kappa shape index (κ1) is 12.6. The molecule has 1 unspecified atom stereocenters. The molecule has 1 nitrogen and oxygen atoms in total. The lowest BCUT2D eigenvalue weighted by Gasteiger charge is -2.24. The predicted molar refractivity (Wildman–Crippen MR) is 74.6 cm³/mol. The summed E-state index contributed by atoms with van der Waals surface area (Å²) in [4.78, 5) is 0. The molecular formula is C16H25N. The fourth-order valence-electron chi connectivity index (χ4n) is 2.96. The second kappa shape index (κ2) is 6.20. The number of piperidine rings is 1. The highest BCUT2D eigenvalue weighted by molar-refractivity contribution is 5.29. The van der Waals surface area contributed by atoms with E-state index in [4.69, 9.17) is 0 Å². The molecule has 0 aromatic heterocycles. The van der Waals surface area contributed by atoms with Gasteiger partial charge >= 0.3 is 0 Å². The molecule has 94 valence electrons. The van der Waals surface area contributed by atoms with Gasteiger partial charge in [0.25, 0.3) is 0 Å². The third-order valence-electron chi connectivity index (χ3n) is 4.14.